The van der Waals surface area contributed by atoms with Crippen LogP contribution >= 0.6 is 11.8 Å². The third-order valence-electron chi connectivity index (χ3n) is 2.52. The normalized spacial score (nSPS) is 10.3. The monoisotopic (exact) mass is 308 g/mol. The summed E-state index contributed by atoms with van der Waals surface area (Å²) >= 11 is 1.04. The number of aromatic hydroxyl groups is 2. The zero-order valence-corrected chi connectivity index (χ0v) is 11.1. The number of hydrogen-bond acceptors (Lipinski definition) is 7. The molecule has 2 rings (SSSR count). The minimum absolute atomic E-state index is 0.430. The molecule has 0 aliphatic carbocycles. The number of nitro groups is 2. The minimum atomic E-state index is -0.724. The summed E-state index contributed by atoms with van der Waals surface area (Å²) in [6.07, 6.45) is 0. The summed E-state index contributed by atoms with van der Waals surface area (Å²) in [4.78, 5) is 20.9. The van der Waals surface area contributed by atoms with Crippen molar-refractivity contribution >= 4 is 23.1 Å². The maximum atomic E-state index is 10.7. The van der Waals surface area contributed by atoms with E-state index in [2.05, 4.69) is 0 Å². The molecule has 0 aromatic heterocycles. The van der Waals surface area contributed by atoms with E-state index in [0.29, 0.717) is 9.79 Å². The molecule has 2 aromatic rings. The van der Waals surface area contributed by atoms with E-state index in [-0.39, 0.29) is 0 Å². The first-order valence-electron chi connectivity index (χ1n) is 5.51. The first-order valence-corrected chi connectivity index (χ1v) is 6.33. The molecule has 0 saturated heterocycles. The van der Waals surface area contributed by atoms with Gasteiger partial charge in [-0.05, 0) is 24.3 Å². The topological polar surface area (TPSA) is 127 Å². The molecular formula is C12H8N2O6S. The van der Waals surface area contributed by atoms with Gasteiger partial charge in [-0.1, -0.05) is 11.8 Å². The lowest BCUT2D eigenvalue weighted by molar-refractivity contribution is -0.386. The molecule has 8 nitrogen and oxygen atoms in total. The predicted octanol–water partition coefficient (Wildman–Crippen LogP) is 3.07. The van der Waals surface area contributed by atoms with Gasteiger partial charge < -0.3 is 10.2 Å². The van der Waals surface area contributed by atoms with Crippen LogP contribution in [0.3, 0.4) is 0 Å². The highest BCUT2D eigenvalue weighted by molar-refractivity contribution is 7.99. The summed E-state index contributed by atoms with van der Waals surface area (Å²) in [5.41, 5.74) is -0.901. The van der Waals surface area contributed by atoms with Crippen molar-refractivity contribution in [3.8, 4) is 11.5 Å². The predicted molar refractivity (Wildman–Crippen MR) is 73.6 cm³/mol. The average Bonchev–Trinajstić information content (AvgIpc) is 2.42. The number of hydrogen-bond donors (Lipinski definition) is 2. The fourth-order valence-electron chi connectivity index (χ4n) is 1.56. The second-order valence-corrected chi connectivity index (χ2v) is 5.06. The number of phenols is 2. The maximum absolute atomic E-state index is 10.7. The van der Waals surface area contributed by atoms with Crippen LogP contribution in [0.15, 0.2) is 46.2 Å². The van der Waals surface area contributed by atoms with E-state index in [4.69, 9.17) is 0 Å². The van der Waals surface area contributed by atoms with Crippen molar-refractivity contribution in [2.24, 2.45) is 0 Å². The van der Waals surface area contributed by atoms with Crippen molar-refractivity contribution < 1.29 is 20.1 Å². The third-order valence-corrected chi connectivity index (χ3v) is 3.50. The Morgan fingerprint density at radius 2 is 1.19 bits per heavy atom. The van der Waals surface area contributed by atoms with Gasteiger partial charge in [0.05, 0.1) is 9.85 Å². The summed E-state index contributed by atoms with van der Waals surface area (Å²) in [6, 6.07) is 7.58. The van der Waals surface area contributed by atoms with Crippen LogP contribution < -0.4 is 0 Å². The molecule has 108 valence electrons. The Labute approximate surface area is 122 Å². The van der Waals surface area contributed by atoms with E-state index < -0.39 is 32.7 Å². The van der Waals surface area contributed by atoms with Crippen LogP contribution in [0.2, 0.25) is 0 Å². The van der Waals surface area contributed by atoms with Crippen LogP contribution in [0.5, 0.6) is 11.5 Å². The van der Waals surface area contributed by atoms with Gasteiger partial charge >= 0.3 is 11.4 Å². The van der Waals surface area contributed by atoms with Crippen LogP contribution in [0.4, 0.5) is 11.4 Å². The summed E-state index contributed by atoms with van der Waals surface area (Å²) in [6.45, 7) is 0. The molecule has 0 atom stereocenters. The van der Waals surface area contributed by atoms with E-state index in [1.54, 1.807) is 0 Å². The van der Waals surface area contributed by atoms with Gasteiger partial charge in [-0.2, -0.15) is 0 Å². The van der Waals surface area contributed by atoms with Crippen molar-refractivity contribution in [2.75, 3.05) is 0 Å². The molecule has 0 radical (unpaired) electrons. The Morgan fingerprint density at radius 3 is 1.52 bits per heavy atom. The van der Waals surface area contributed by atoms with Gasteiger partial charge in [-0.3, -0.25) is 20.2 Å². The lowest BCUT2D eigenvalue weighted by Gasteiger charge is -2.03. The van der Waals surface area contributed by atoms with Gasteiger partial charge in [-0.25, -0.2) is 0 Å². The second kappa shape index (κ2) is 5.67. The number of rotatable bonds is 4. The largest absolute Gasteiger partial charge is 0.502 e. The molecule has 0 bridgehead atoms. The molecule has 0 spiro atoms. The van der Waals surface area contributed by atoms with Gasteiger partial charge in [0.15, 0.2) is 11.5 Å². The Balaban J connectivity index is 2.34. The first kappa shape index (κ1) is 14.6. The van der Waals surface area contributed by atoms with Crippen LogP contribution in [0, 0.1) is 20.2 Å². The van der Waals surface area contributed by atoms with E-state index in [9.17, 15) is 30.4 Å². The van der Waals surface area contributed by atoms with Gasteiger partial charge in [0, 0.05) is 21.9 Å². The standard InChI is InChI=1S/C12H8N2O6S/c15-11-3-1-7(5-9(11)13(17)18)21-8-2-4-12(16)10(6-8)14(19)20/h1-6,15-16H. The summed E-state index contributed by atoms with van der Waals surface area (Å²) in [7, 11) is 0. The Morgan fingerprint density at radius 1 is 0.810 bits per heavy atom. The van der Waals surface area contributed by atoms with Crippen LogP contribution in [0.25, 0.3) is 0 Å². The highest BCUT2D eigenvalue weighted by atomic mass is 32.2. The quantitative estimate of drug-likeness (QED) is 0.656. The number of benzene rings is 2. The van der Waals surface area contributed by atoms with Gasteiger partial charge in [-0.15, -0.1) is 0 Å². The Kier molecular flexibility index (Phi) is 3.94. The van der Waals surface area contributed by atoms with Crippen molar-refractivity contribution in [1.29, 1.82) is 0 Å². The molecule has 2 N–H and O–H groups in total. The average molecular weight is 308 g/mol. The van der Waals surface area contributed by atoms with Gasteiger partial charge in [0.2, 0.25) is 0 Å². The SMILES string of the molecule is O=[N+]([O-])c1cc(Sc2ccc(O)c([N+](=O)[O-])c2)ccc1O. The van der Waals surface area contributed by atoms with Crippen molar-refractivity contribution in [3.05, 3.63) is 56.6 Å². The fraction of sp³-hybridized carbons (Fsp3) is 0. The van der Waals surface area contributed by atoms with Crippen LogP contribution in [-0.2, 0) is 0 Å². The van der Waals surface area contributed by atoms with Crippen LogP contribution in [0.1, 0.15) is 0 Å². The lowest BCUT2D eigenvalue weighted by atomic mass is 10.3. The van der Waals surface area contributed by atoms with Crippen molar-refractivity contribution in [2.45, 2.75) is 9.79 Å². The highest BCUT2D eigenvalue weighted by Crippen LogP contribution is 2.37. The molecular weight excluding hydrogens is 300 g/mol. The molecule has 0 aliphatic rings. The molecule has 0 unspecified atom stereocenters. The van der Waals surface area contributed by atoms with Crippen molar-refractivity contribution in [1.82, 2.24) is 0 Å². The van der Waals surface area contributed by atoms with Gasteiger partial charge in [0.25, 0.3) is 0 Å². The second-order valence-electron chi connectivity index (χ2n) is 3.92. The fourth-order valence-corrected chi connectivity index (χ4v) is 2.45. The molecule has 0 aliphatic heterocycles. The van der Waals surface area contributed by atoms with E-state index in [0.717, 1.165) is 11.8 Å². The third kappa shape index (κ3) is 3.20. The molecule has 2 aromatic carbocycles. The molecule has 9 heteroatoms. The van der Waals surface area contributed by atoms with E-state index in [1.165, 1.54) is 36.4 Å². The van der Waals surface area contributed by atoms with E-state index in [1.807, 2.05) is 0 Å². The molecule has 0 fully saturated rings. The lowest BCUT2D eigenvalue weighted by Crippen LogP contribution is -1.90. The molecule has 0 saturated carbocycles. The number of nitro benzene ring substituents is 2. The smallest absolute Gasteiger partial charge is 0.311 e. The highest BCUT2D eigenvalue weighted by Gasteiger charge is 2.16. The molecule has 0 heterocycles. The molecule has 21 heavy (non-hydrogen) atoms. The van der Waals surface area contributed by atoms with Crippen molar-refractivity contribution in [3.63, 3.8) is 0 Å². The summed E-state index contributed by atoms with van der Waals surface area (Å²) in [5, 5.41) is 40.2. The first-order chi connectivity index (χ1) is 9.88. The van der Waals surface area contributed by atoms with E-state index >= 15 is 0 Å². The Bertz CT molecular complexity index is 672. The Hall–Kier alpha value is -2.81. The number of phenolic OH excluding ortho intramolecular Hbond substituents is 2. The summed E-state index contributed by atoms with van der Waals surface area (Å²) in [5.74, 6) is -0.915. The molecule has 0 amide bonds. The zero-order chi connectivity index (χ0) is 15.6. The maximum Gasteiger partial charge on any atom is 0.311 e. The van der Waals surface area contributed by atoms with Gasteiger partial charge in [0.1, 0.15) is 0 Å². The van der Waals surface area contributed by atoms with Crippen LogP contribution in [-0.4, -0.2) is 20.1 Å². The summed E-state index contributed by atoms with van der Waals surface area (Å²) < 4.78 is 0. The minimum Gasteiger partial charge on any atom is -0.502 e. The zero-order valence-electron chi connectivity index (χ0n) is 10.3. The number of nitrogens with zero attached hydrogens (tertiary/aromatic N) is 2.